The molecule has 0 amide bonds. The van der Waals surface area contributed by atoms with E-state index in [1.807, 2.05) is 33.9 Å². The largest absolute Gasteiger partial charge is 1.00 e. The fraction of sp³-hybridized carbons (Fsp3) is 0.333. The molecule has 0 unspecified atom stereocenters. The highest BCUT2D eigenvalue weighted by Gasteiger charge is 2.12. The summed E-state index contributed by atoms with van der Waals surface area (Å²) in [5.74, 6) is -0.623. The highest BCUT2D eigenvalue weighted by Crippen LogP contribution is 1.99. The van der Waals surface area contributed by atoms with Crippen LogP contribution < -0.4 is 43.1 Å². The predicted molar refractivity (Wildman–Crippen MR) is 85.2 cm³/mol. The number of halogens is 2. The Balaban J connectivity index is 0.00000312. The minimum atomic E-state index is -0.312. The summed E-state index contributed by atoms with van der Waals surface area (Å²) in [6.07, 6.45) is 7.39. The van der Waals surface area contributed by atoms with Crippen LogP contribution in [0.5, 0.6) is 0 Å². The Kier molecular flexibility index (Phi) is 11.7. The smallest absolute Gasteiger partial charge is 0.338 e. The lowest BCUT2D eigenvalue weighted by atomic mass is 10.2. The van der Waals surface area contributed by atoms with Crippen LogP contribution in [0.25, 0.3) is 0 Å². The molecular weight excluding hydrogens is 468 g/mol. The molecular formula is C18H22Br2N2O4. The molecule has 0 aliphatic heterocycles. The van der Waals surface area contributed by atoms with E-state index < -0.39 is 0 Å². The summed E-state index contributed by atoms with van der Waals surface area (Å²) in [5, 5.41) is 0. The van der Waals surface area contributed by atoms with E-state index in [-0.39, 0.29) is 45.9 Å². The maximum Gasteiger partial charge on any atom is 0.338 e. The van der Waals surface area contributed by atoms with Gasteiger partial charge in [-0.1, -0.05) is 0 Å². The van der Waals surface area contributed by atoms with Crippen molar-refractivity contribution in [2.45, 2.75) is 26.9 Å². The molecule has 2 heterocycles. The number of hydrogen-bond donors (Lipinski definition) is 0. The molecule has 142 valence electrons. The van der Waals surface area contributed by atoms with Gasteiger partial charge in [-0.3, -0.25) is 0 Å². The number of pyridine rings is 2. The van der Waals surface area contributed by atoms with E-state index in [1.165, 1.54) is 0 Å². The zero-order chi connectivity index (χ0) is 17.4. The standard InChI is InChI=1S/C18H22N2O4.2BrH/c1-3-23-17(21)15-5-9-19(10-6-15)13-14-20-11-7-16(8-12-20)18(22)24-4-2;;/h5-12H,3-4,13-14H2,1-2H3;2*1H/q+2;;/p-2. The molecule has 26 heavy (non-hydrogen) atoms. The highest BCUT2D eigenvalue weighted by atomic mass is 79.9. The number of rotatable bonds is 7. The fourth-order valence-corrected chi connectivity index (χ4v) is 2.14. The second-order valence-corrected chi connectivity index (χ2v) is 5.09. The summed E-state index contributed by atoms with van der Waals surface area (Å²) in [6.45, 7) is 5.79. The van der Waals surface area contributed by atoms with Crippen molar-refractivity contribution in [2.75, 3.05) is 13.2 Å². The predicted octanol–water partition coefficient (Wildman–Crippen LogP) is -4.68. The van der Waals surface area contributed by atoms with Crippen molar-refractivity contribution in [3.8, 4) is 0 Å². The van der Waals surface area contributed by atoms with E-state index in [2.05, 4.69) is 0 Å². The molecule has 2 aromatic rings. The van der Waals surface area contributed by atoms with Gasteiger partial charge in [-0.25, -0.2) is 9.59 Å². The summed E-state index contributed by atoms with van der Waals surface area (Å²) in [5.41, 5.74) is 1.08. The summed E-state index contributed by atoms with van der Waals surface area (Å²) < 4.78 is 13.9. The monoisotopic (exact) mass is 488 g/mol. The van der Waals surface area contributed by atoms with Gasteiger partial charge in [0.15, 0.2) is 24.8 Å². The SMILES string of the molecule is CCOC(=O)c1cc[n+](CC[n+]2ccc(C(=O)OCC)cc2)cc1.[Br-].[Br-]. The topological polar surface area (TPSA) is 60.4 Å². The van der Waals surface area contributed by atoms with Gasteiger partial charge < -0.3 is 43.4 Å². The molecule has 0 aliphatic rings. The van der Waals surface area contributed by atoms with Crippen LogP contribution in [0.15, 0.2) is 49.1 Å². The van der Waals surface area contributed by atoms with Crippen LogP contribution in [0, 0.1) is 0 Å². The summed E-state index contributed by atoms with van der Waals surface area (Å²) in [7, 11) is 0. The van der Waals surface area contributed by atoms with Crippen molar-refractivity contribution in [3.63, 3.8) is 0 Å². The van der Waals surface area contributed by atoms with E-state index in [0.29, 0.717) is 24.3 Å². The Morgan fingerprint density at radius 3 is 1.31 bits per heavy atom. The van der Waals surface area contributed by atoms with Gasteiger partial charge in [-0.2, -0.15) is 9.13 Å². The molecule has 0 fully saturated rings. The van der Waals surface area contributed by atoms with Crippen LogP contribution >= 0.6 is 0 Å². The van der Waals surface area contributed by atoms with E-state index in [4.69, 9.17) is 9.47 Å². The quantitative estimate of drug-likeness (QED) is 0.290. The van der Waals surface area contributed by atoms with Crippen LogP contribution in [0.1, 0.15) is 34.6 Å². The average molecular weight is 490 g/mol. The second-order valence-electron chi connectivity index (χ2n) is 5.09. The van der Waals surface area contributed by atoms with Crippen LogP contribution in [0.4, 0.5) is 0 Å². The molecule has 0 bridgehead atoms. The van der Waals surface area contributed by atoms with Crippen molar-refractivity contribution in [1.82, 2.24) is 0 Å². The zero-order valence-electron chi connectivity index (χ0n) is 14.7. The Labute approximate surface area is 174 Å². The van der Waals surface area contributed by atoms with Gasteiger partial charge in [0.2, 0.25) is 13.1 Å². The number of nitrogens with zero attached hydrogens (tertiary/aromatic N) is 2. The molecule has 6 nitrogen and oxygen atoms in total. The first-order valence-electron chi connectivity index (χ1n) is 7.96. The summed E-state index contributed by atoms with van der Waals surface area (Å²) in [6, 6.07) is 6.97. The first kappa shape index (κ1) is 24.2. The third kappa shape index (κ3) is 7.21. The Hall–Kier alpha value is -1.80. The number of carbonyl (C=O) groups excluding carboxylic acids is 2. The maximum atomic E-state index is 11.6. The number of hydrogen-bond acceptors (Lipinski definition) is 4. The number of esters is 2. The van der Waals surface area contributed by atoms with Gasteiger partial charge in [-0.15, -0.1) is 0 Å². The van der Waals surface area contributed by atoms with Gasteiger partial charge in [-0.05, 0) is 13.8 Å². The molecule has 0 radical (unpaired) electrons. The average Bonchev–Trinajstić information content (AvgIpc) is 2.61. The van der Waals surface area contributed by atoms with Crippen LogP contribution in [0.2, 0.25) is 0 Å². The molecule has 0 spiro atoms. The van der Waals surface area contributed by atoms with Crippen LogP contribution in [-0.2, 0) is 22.6 Å². The van der Waals surface area contributed by atoms with Crippen LogP contribution in [0.3, 0.4) is 0 Å². The van der Waals surface area contributed by atoms with E-state index in [1.54, 1.807) is 38.1 Å². The molecule has 0 atom stereocenters. The van der Waals surface area contributed by atoms with Gasteiger partial charge in [0.1, 0.15) is 0 Å². The van der Waals surface area contributed by atoms with E-state index in [0.717, 1.165) is 13.1 Å². The third-order valence-electron chi connectivity index (χ3n) is 3.42. The number of aromatic nitrogens is 2. The molecule has 0 aromatic carbocycles. The van der Waals surface area contributed by atoms with Gasteiger partial charge in [0.05, 0.1) is 24.3 Å². The fourth-order valence-electron chi connectivity index (χ4n) is 2.14. The summed E-state index contributed by atoms with van der Waals surface area (Å²) >= 11 is 0. The number of ether oxygens (including phenoxy) is 2. The zero-order valence-corrected chi connectivity index (χ0v) is 17.9. The molecule has 0 aliphatic carbocycles. The Bertz CT molecular complexity index is 630. The molecule has 2 aromatic heterocycles. The summed E-state index contributed by atoms with van der Waals surface area (Å²) in [4.78, 5) is 23.2. The van der Waals surface area contributed by atoms with Crippen LogP contribution in [-0.4, -0.2) is 25.2 Å². The molecule has 0 N–H and O–H groups in total. The molecule has 0 saturated carbocycles. The van der Waals surface area contributed by atoms with E-state index in [9.17, 15) is 9.59 Å². The van der Waals surface area contributed by atoms with Crippen molar-refractivity contribution < 1.29 is 62.2 Å². The minimum absolute atomic E-state index is 0. The van der Waals surface area contributed by atoms with Crippen molar-refractivity contribution in [3.05, 3.63) is 60.2 Å². The van der Waals surface area contributed by atoms with Crippen molar-refractivity contribution in [1.29, 1.82) is 0 Å². The lowest BCUT2D eigenvalue weighted by Crippen LogP contribution is -3.00. The Morgan fingerprint density at radius 1 is 0.731 bits per heavy atom. The lowest BCUT2D eigenvalue weighted by Gasteiger charge is -2.01. The first-order chi connectivity index (χ1) is 11.6. The van der Waals surface area contributed by atoms with Gasteiger partial charge in [0, 0.05) is 24.3 Å². The molecule has 0 saturated heterocycles. The van der Waals surface area contributed by atoms with Crippen molar-refractivity contribution in [2.24, 2.45) is 0 Å². The highest BCUT2D eigenvalue weighted by molar-refractivity contribution is 5.89. The van der Waals surface area contributed by atoms with Gasteiger partial charge in [0.25, 0.3) is 0 Å². The second kappa shape index (κ2) is 12.5. The molecule has 8 heteroatoms. The maximum absolute atomic E-state index is 11.6. The lowest BCUT2D eigenvalue weighted by molar-refractivity contribution is -0.778. The normalized spacial score (nSPS) is 9.46. The third-order valence-corrected chi connectivity index (χ3v) is 3.42. The first-order valence-corrected chi connectivity index (χ1v) is 7.96. The number of carbonyl (C=O) groups is 2. The molecule has 2 rings (SSSR count). The van der Waals surface area contributed by atoms with Crippen molar-refractivity contribution >= 4 is 11.9 Å². The van der Waals surface area contributed by atoms with E-state index >= 15 is 0 Å². The van der Waals surface area contributed by atoms with Gasteiger partial charge >= 0.3 is 11.9 Å². The minimum Gasteiger partial charge on any atom is -1.00 e. The number of aryl methyl sites for hydroxylation is 2. The Morgan fingerprint density at radius 2 is 1.04 bits per heavy atom.